The van der Waals surface area contributed by atoms with E-state index in [4.69, 9.17) is 10.5 Å². The number of nitrogen functional groups attached to an aromatic ring is 1. The molecule has 2 aliphatic heterocycles. The number of carbonyl (C=O) groups is 1. The summed E-state index contributed by atoms with van der Waals surface area (Å²) in [7, 11) is -4.18. The van der Waals surface area contributed by atoms with E-state index < -0.39 is 46.7 Å². The van der Waals surface area contributed by atoms with Gasteiger partial charge in [-0.05, 0) is 19.4 Å². The lowest BCUT2D eigenvalue weighted by Crippen LogP contribution is -2.49. The average Bonchev–Trinajstić information content (AvgIpc) is 3.42. The number of hydrogen-bond acceptors (Lipinski definition) is 11. The topological polar surface area (TPSA) is 207 Å². The highest BCUT2D eigenvalue weighted by Crippen LogP contribution is 2.31. The first-order chi connectivity index (χ1) is 14.3. The molecular formula is C15H22N8O6S. The molecule has 0 unspecified atom stereocenters. The Labute approximate surface area is 171 Å². The van der Waals surface area contributed by atoms with Crippen molar-refractivity contribution in [3.8, 4) is 0 Å². The van der Waals surface area contributed by atoms with Crippen molar-refractivity contribution < 1.29 is 28.2 Å². The minimum Gasteiger partial charge on any atom is -0.387 e. The van der Waals surface area contributed by atoms with Gasteiger partial charge in [0.1, 0.15) is 30.2 Å². The predicted octanol–water partition coefficient (Wildman–Crippen LogP) is -3.27. The largest absolute Gasteiger partial charge is 0.387 e. The maximum Gasteiger partial charge on any atom is 0.301 e. The number of nitrogens with two attached hydrogens (primary N) is 1. The highest BCUT2D eigenvalue weighted by atomic mass is 32.2. The first kappa shape index (κ1) is 20.8. The fourth-order valence-corrected chi connectivity index (χ4v) is 4.39. The summed E-state index contributed by atoms with van der Waals surface area (Å²) in [5.41, 5.74) is 6.33. The number of fused-ring (bicyclic) bond motifs is 1. The number of imidazole rings is 1. The Morgan fingerprint density at radius 1 is 1.33 bits per heavy atom. The second kappa shape index (κ2) is 8.01. The maximum atomic E-state index is 12.1. The molecule has 0 radical (unpaired) electrons. The van der Waals surface area contributed by atoms with Gasteiger partial charge in [-0.15, -0.1) is 0 Å². The maximum absolute atomic E-state index is 12.1. The van der Waals surface area contributed by atoms with Crippen LogP contribution in [0.3, 0.4) is 0 Å². The van der Waals surface area contributed by atoms with E-state index in [1.807, 2.05) is 4.72 Å². The molecule has 4 heterocycles. The SMILES string of the molecule is Nc1ncnc2c1ncn2[C@@H]1O[C@H](CNS(=O)(=O)NC(=O)[C@@H]2CCCN2)[C@@H](O)[C@H]1O. The van der Waals surface area contributed by atoms with Crippen LogP contribution in [-0.2, 0) is 19.7 Å². The van der Waals surface area contributed by atoms with Crippen molar-refractivity contribution >= 4 is 33.1 Å². The number of carbonyl (C=O) groups excluding carboxylic acids is 1. The third kappa shape index (κ3) is 3.94. The van der Waals surface area contributed by atoms with Crippen LogP contribution in [0, 0.1) is 0 Å². The average molecular weight is 442 g/mol. The van der Waals surface area contributed by atoms with Crippen LogP contribution in [0.4, 0.5) is 5.82 Å². The van der Waals surface area contributed by atoms with Gasteiger partial charge in [0.25, 0.3) is 5.91 Å². The number of amides is 1. The van der Waals surface area contributed by atoms with E-state index in [1.165, 1.54) is 17.2 Å². The molecule has 14 nitrogen and oxygen atoms in total. The Hall–Kier alpha value is -2.43. The molecule has 2 aromatic heterocycles. The van der Waals surface area contributed by atoms with Gasteiger partial charge in [0.15, 0.2) is 17.7 Å². The second-order valence-electron chi connectivity index (χ2n) is 7.10. The van der Waals surface area contributed by atoms with Crippen LogP contribution >= 0.6 is 0 Å². The van der Waals surface area contributed by atoms with Crippen LogP contribution in [0.25, 0.3) is 11.2 Å². The summed E-state index contributed by atoms with van der Waals surface area (Å²) in [6.07, 6.45) is -1.06. The number of aliphatic hydroxyl groups is 2. The van der Waals surface area contributed by atoms with Crippen molar-refractivity contribution in [1.29, 1.82) is 0 Å². The van der Waals surface area contributed by atoms with Crippen molar-refractivity contribution in [1.82, 2.24) is 34.3 Å². The minimum atomic E-state index is -4.18. The zero-order valence-electron chi connectivity index (χ0n) is 15.7. The molecule has 0 aliphatic carbocycles. The first-order valence-corrected chi connectivity index (χ1v) is 10.7. The van der Waals surface area contributed by atoms with E-state index in [0.29, 0.717) is 18.5 Å². The van der Waals surface area contributed by atoms with E-state index in [1.54, 1.807) is 0 Å². The summed E-state index contributed by atoms with van der Waals surface area (Å²) in [6, 6.07) is -0.565. The molecule has 5 atom stereocenters. The molecule has 0 bridgehead atoms. The number of rotatable bonds is 6. The van der Waals surface area contributed by atoms with Gasteiger partial charge in [0, 0.05) is 6.54 Å². The van der Waals surface area contributed by atoms with Gasteiger partial charge in [0.05, 0.1) is 12.4 Å². The van der Waals surface area contributed by atoms with Crippen molar-refractivity contribution in [2.45, 2.75) is 43.4 Å². The van der Waals surface area contributed by atoms with Crippen molar-refractivity contribution in [3.63, 3.8) is 0 Å². The molecule has 7 N–H and O–H groups in total. The lowest BCUT2D eigenvalue weighted by molar-refractivity contribution is -0.121. The summed E-state index contributed by atoms with van der Waals surface area (Å²) in [5, 5.41) is 23.6. The first-order valence-electron chi connectivity index (χ1n) is 9.26. The number of aliphatic hydroxyl groups excluding tert-OH is 2. The van der Waals surface area contributed by atoms with Crippen LogP contribution in [0.5, 0.6) is 0 Å². The van der Waals surface area contributed by atoms with Crippen molar-refractivity contribution in [3.05, 3.63) is 12.7 Å². The summed E-state index contributed by atoms with van der Waals surface area (Å²) >= 11 is 0. The number of hydrogen-bond donors (Lipinski definition) is 6. The molecule has 30 heavy (non-hydrogen) atoms. The lowest BCUT2D eigenvalue weighted by Gasteiger charge is -2.17. The fraction of sp³-hybridized carbons (Fsp3) is 0.600. The second-order valence-corrected chi connectivity index (χ2v) is 8.60. The molecule has 0 aromatic carbocycles. The Kier molecular flexibility index (Phi) is 5.56. The summed E-state index contributed by atoms with van der Waals surface area (Å²) in [5.74, 6) is -0.517. The van der Waals surface area contributed by atoms with E-state index in [2.05, 4.69) is 25.0 Å². The molecule has 164 valence electrons. The molecule has 4 rings (SSSR count). The van der Waals surface area contributed by atoms with Crippen LogP contribution < -0.4 is 20.5 Å². The van der Waals surface area contributed by atoms with E-state index in [9.17, 15) is 23.4 Å². The molecule has 2 saturated heterocycles. The lowest BCUT2D eigenvalue weighted by atomic mass is 10.1. The van der Waals surface area contributed by atoms with Crippen molar-refractivity contribution in [2.24, 2.45) is 0 Å². The molecule has 1 amide bonds. The monoisotopic (exact) mass is 442 g/mol. The van der Waals surface area contributed by atoms with Gasteiger partial charge in [-0.3, -0.25) is 9.36 Å². The third-order valence-corrected chi connectivity index (χ3v) is 6.10. The molecule has 2 fully saturated rings. The Morgan fingerprint density at radius 2 is 2.13 bits per heavy atom. The normalized spacial score (nSPS) is 29.5. The Morgan fingerprint density at radius 3 is 2.87 bits per heavy atom. The molecule has 15 heteroatoms. The van der Waals surface area contributed by atoms with Crippen LogP contribution in [0.1, 0.15) is 19.1 Å². The molecule has 0 spiro atoms. The third-order valence-electron chi connectivity index (χ3n) is 5.08. The predicted molar refractivity (Wildman–Crippen MR) is 102 cm³/mol. The minimum absolute atomic E-state index is 0.142. The highest BCUT2D eigenvalue weighted by Gasteiger charge is 2.44. The van der Waals surface area contributed by atoms with E-state index >= 15 is 0 Å². The van der Waals surface area contributed by atoms with Gasteiger partial charge < -0.3 is 26.0 Å². The van der Waals surface area contributed by atoms with Crippen molar-refractivity contribution in [2.75, 3.05) is 18.8 Å². The summed E-state index contributed by atoms with van der Waals surface area (Å²) in [6.45, 7) is 0.269. The zero-order chi connectivity index (χ0) is 21.5. The number of ether oxygens (including phenoxy) is 1. The van der Waals surface area contributed by atoms with Gasteiger partial charge in [0.2, 0.25) is 0 Å². The fourth-order valence-electron chi connectivity index (χ4n) is 3.52. The number of anilines is 1. The van der Waals surface area contributed by atoms with Crippen LogP contribution in [0.2, 0.25) is 0 Å². The van der Waals surface area contributed by atoms with Crippen LogP contribution in [-0.4, -0.2) is 81.5 Å². The Balaban J connectivity index is 1.42. The van der Waals surface area contributed by atoms with Gasteiger partial charge >= 0.3 is 10.2 Å². The number of nitrogens with one attached hydrogen (secondary N) is 3. The molecular weight excluding hydrogens is 420 g/mol. The highest BCUT2D eigenvalue weighted by molar-refractivity contribution is 7.88. The van der Waals surface area contributed by atoms with E-state index in [0.717, 1.165) is 6.42 Å². The smallest absolute Gasteiger partial charge is 0.301 e. The number of nitrogens with zero attached hydrogens (tertiary/aromatic N) is 4. The summed E-state index contributed by atoms with van der Waals surface area (Å²) in [4.78, 5) is 24.0. The standard InChI is InChI=1S/C15H22N8O6S/c16-12-9-13(19-5-18-12)23(6-20-9)15-11(25)10(24)8(29-15)4-21-30(27,28)22-14(26)7-2-1-3-17-7/h5-8,10-11,15,17,21,24-25H,1-4H2,(H,22,26)(H2,16,18,19)/t7-,8+,10+,11+,15+/m0/s1. The molecule has 0 saturated carbocycles. The van der Waals surface area contributed by atoms with Gasteiger partial charge in [-0.2, -0.15) is 13.1 Å². The van der Waals surface area contributed by atoms with Crippen LogP contribution in [0.15, 0.2) is 12.7 Å². The quantitative estimate of drug-likeness (QED) is 0.261. The van der Waals surface area contributed by atoms with Gasteiger partial charge in [-0.25, -0.2) is 19.7 Å². The zero-order valence-corrected chi connectivity index (χ0v) is 16.5. The number of aromatic nitrogens is 4. The summed E-state index contributed by atoms with van der Waals surface area (Å²) < 4.78 is 35.4. The van der Waals surface area contributed by atoms with E-state index in [-0.39, 0.29) is 18.0 Å². The van der Waals surface area contributed by atoms with Gasteiger partial charge in [-0.1, -0.05) is 0 Å². The molecule has 2 aliphatic rings. The Bertz CT molecular complexity index is 1040. The molecule has 2 aromatic rings.